The first-order valence-electron chi connectivity index (χ1n) is 11.1. The summed E-state index contributed by atoms with van der Waals surface area (Å²) >= 11 is 0. The van der Waals surface area contributed by atoms with Gasteiger partial charge < -0.3 is 20.1 Å². The molecule has 1 fully saturated rings. The van der Waals surface area contributed by atoms with Crippen LogP contribution in [0.5, 0.6) is 11.5 Å². The summed E-state index contributed by atoms with van der Waals surface area (Å²) in [5.41, 5.74) is 2.55. The molecule has 0 aliphatic carbocycles. The monoisotopic (exact) mass is 424 g/mol. The number of para-hydroxylation sites is 1. The molecule has 0 amide bonds. The largest absolute Gasteiger partial charge is 0.497 e. The van der Waals surface area contributed by atoms with E-state index >= 15 is 0 Å². The minimum Gasteiger partial charge on any atom is -0.497 e. The molecule has 1 heterocycles. The van der Waals surface area contributed by atoms with Crippen LogP contribution in [0, 0.1) is 5.92 Å². The van der Waals surface area contributed by atoms with Gasteiger partial charge in [-0.3, -0.25) is 9.89 Å². The van der Waals surface area contributed by atoms with Crippen LogP contribution in [-0.2, 0) is 13.0 Å². The van der Waals surface area contributed by atoms with Crippen molar-refractivity contribution < 1.29 is 9.47 Å². The number of methoxy groups -OCH3 is 2. The molecule has 2 aromatic carbocycles. The molecule has 2 N–H and O–H groups in total. The molecule has 0 aromatic heterocycles. The number of rotatable bonds is 9. The Kier molecular flexibility index (Phi) is 9.03. The fourth-order valence-corrected chi connectivity index (χ4v) is 4.02. The lowest BCUT2D eigenvalue weighted by Crippen LogP contribution is -2.43. The molecule has 1 aliphatic rings. The number of guanidine groups is 1. The first-order chi connectivity index (χ1) is 15.2. The van der Waals surface area contributed by atoms with E-state index < -0.39 is 0 Å². The number of aliphatic imine (C=N–C) groups is 1. The van der Waals surface area contributed by atoms with Gasteiger partial charge in [-0.25, -0.2) is 0 Å². The molecule has 3 rings (SSSR count). The van der Waals surface area contributed by atoms with Crippen molar-refractivity contribution >= 4 is 5.96 Å². The van der Waals surface area contributed by atoms with Gasteiger partial charge in [0.05, 0.1) is 14.2 Å². The van der Waals surface area contributed by atoms with Crippen LogP contribution in [0.3, 0.4) is 0 Å². The second kappa shape index (κ2) is 12.2. The van der Waals surface area contributed by atoms with Gasteiger partial charge in [0, 0.05) is 26.7 Å². The highest BCUT2D eigenvalue weighted by atomic mass is 16.5. The maximum atomic E-state index is 5.43. The molecule has 2 aromatic rings. The SMILES string of the molecule is CN=C(NCCc1ccccc1OC)NCC1CCN(Cc2ccc(OC)cc2)CC1. The Morgan fingerprint density at radius 1 is 1.00 bits per heavy atom. The van der Waals surface area contributed by atoms with E-state index in [1.165, 1.54) is 24.0 Å². The molecule has 6 nitrogen and oxygen atoms in total. The van der Waals surface area contributed by atoms with Crippen LogP contribution < -0.4 is 20.1 Å². The number of nitrogens with zero attached hydrogens (tertiary/aromatic N) is 2. The molecule has 31 heavy (non-hydrogen) atoms. The molecule has 168 valence electrons. The lowest BCUT2D eigenvalue weighted by Gasteiger charge is -2.32. The van der Waals surface area contributed by atoms with Crippen LogP contribution in [0.4, 0.5) is 0 Å². The van der Waals surface area contributed by atoms with Gasteiger partial charge in [0.2, 0.25) is 0 Å². The zero-order chi connectivity index (χ0) is 21.9. The summed E-state index contributed by atoms with van der Waals surface area (Å²) in [5.74, 6) is 3.41. The maximum Gasteiger partial charge on any atom is 0.190 e. The molecular weight excluding hydrogens is 388 g/mol. The highest BCUT2D eigenvalue weighted by molar-refractivity contribution is 5.79. The molecule has 0 spiro atoms. The second-order valence-electron chi connectivity index (χ2n) is 8.01. The van der Waals surface area contributed by atoms with Crippen molar-refractivity contribution in [3.8, 4) is 11.5 Å². The summed E-state index contributed by atoms with van der Waals surface area (Å²) in [7, 11) is 5.25. The fourth-order valence-electron chi connectivity index (χ4n) is 4.02. The Hall–Kier alpha value is -2.73. The number of benzene rings is 2. The Labute approximate surface area is 186 Å². The lowest BCUT2D eigenvalue weighted by atomic mass is 9.96. The quantitative estimate of drug-likeness (QED) is 0.478. The zero-order valence-corrected chi connectivity index (χ0v) is 19.1. The van der Waals surface area contributed by atoms with E-state index in [0.29, 0.717) is 5.92 Å². The standard InChI is InChI=1S/C25H36N4O2/c1-26-25(27-15-12-22-6-4-5-7-24(22)31-3)28-18-20-13-16-29(17-14-20)19-21-8-10-23(30-2)11-9-21/h4-11,20H,12-19H2,1-3H3,(H2,26,27,28). The predicted molar refractivity (Wildman–Crippen MR) is 127 cm³/mol. The van der Waals surface area contributed by atoms with Crippen molar-refractivity contribution in [1.29, 1.82) is 0 Å². The average Bonchev–Trinajstić information content (AvgIpc) is 2.83. The van der Waals surface area contributed by atoms with E-state index in [0.717, 1.165) is 56.6 Å². The fraction of sp³-hybridized carbons (Fsp3) is 0.480. The minimum atomic E-state index is 0.680. The Balaban J connectivity index is 1.35. The Morgan fingerprint density at radius 3 is 2.42 bits per heavy atom. The van der Waals surface area contributed by atoms with Crippen molar-refractivity contribution in [2.45, 2.75) is 25.8 Å². The molecule has 0 radical (unpaired) electrons. The van der Waals surface area contributed by atoms with Gasteiger partial charge in [-0.05, 0) is 67.6 Å². The van der Waals surface area contributed by atoms with Gasteiger partial charge in [0.1, 0.15) is 11.5 Å². The Morgan fingerprint density at radius 2 is 1.74 bits per heavy atom. The average molecular weight is 425 g/mol. The first-order valence-corrected chi connectivity index (χ1v) is 11.1. The molecule has 0 atom stereocenters. The van der Waals surface area contributed by atoms with Gasteiger partial charge in [-0.2, -0.15) is 0 Å². The maximum absolute atomic E-state index is 5.43. The molecule has 1 aliphatic heterocycles. The normalized spacial score (nSPS) is 15.5. The van der Waals surface area contributed by atoms with E-state index in [1.807, 2.05) is 37.4 Å². The summed E-state index contributed by atoms with van der Waals surface area (Å²) in [5, 5.41) is 6.93. The first kappa shape index (κ1) is 22.9. The smallest absolute Gasteiger partial charge is 0.190 e. The van der Waals surface area contributed by atoms with E-state index in [1.54, 1.807) is 14.2 Å². The third kappa shape index (κ3) is 7.17. The zero-order valence-electron chi connectivity index (χ0n) is 19.1. The van der Waals surface area contributed by atoms with Gasteiger partial charge in [-0.1, -0.05) is 30.3 Å². The predicted octanol–water partition coefficient (Wildman–Crippen LogP) is 3.32. The van der Waals surface area contributed by atoms with Crippen LogP contribution in [-0.4, -0.2) is 58.3 Å². The third-order valence-electron chi connectivity index (χ3n) is 5.93. The van der Waals surface area contributed by atoms with Gasteiger partial charge >= 0.3 is 0 Å². The molecular formula is C25H36N4O2. The Bertz CT molecular complexity index is 815. The molecule has 0 bridgehead atoms. The summed E-state index contributed by atoms with van der Waals surface area (Å²) in [6.07, 6.45) is 3.32. The third-order valence-corrected chi connectivity index (χ3v) is 5.93. The van der Waals surface area contributed by atoms with Crippen molar-refractivity contribution in [1.82, 2.24) is 15.5 Å². The molecule has 0 unspecified atom stereocenters. The highest BCUT2D eigenvalue weighted by Crippen LogP contribution is 2.20. The van der Waals surface area contributed by atoms with E-state index in [9.17, 15) is 0 Å². The van der Waals surface area contributed by atoms with Crippen LogP contribution in [0.2, 0.25) is 0 Å². The molecule has 1 saturated heterocycles. The van der Waals surface area contributed by atoms with Crippen molar-refractivity contribution in [3.05, 3.63) is 59.7 Å². The van der Waals surface area contributed by atoms with E-state index in [2.05, 4.69) is 38.7 Å². The van der Waals surface area contributed by atoms with Crippen LogP contribution in [0.15, 0.2) is 53.5 Å². The summed E-state index contributed by atoms with van der Waals surface area (Å²) < 4.78 is 10.7. The summed E-state index contributed by atoms with van der Waals surface area (Å²) in [6.45, 7) is 5.07. The number of piperidine rings is 1. The van der Waals surface area contributed by atoms with Crippen molar-refractivity contribution in [2.75, 3.05) is 47.4 Å². The number of likely N-dealkylation sites (tertiary alicyclic amines) is 1. The van der Waals surface area contributed by atoms with Crippen molar-refractivity contribution in [2.24, 2.45) is 10.9 Å². The molecule has 6 heteroatoms. The molecule has 0 saturated carbocycles. The van der Waals surface area contributed by atoms with Crippen molar-refractivity contribution in [3.63, 3.8) is 0 Å². The number of hydrogen-bond donors (Lipinski definition) is 2. The van der Waals surface area contributed by atoms with Crippen LogP contribution in [0.1, 0.15) is 24.0 Å². The van der Waals surface area contributed by atoms with E-state index in [4.69, 9.17) is 9.47 Å². The van der Waals surface area contributed by atoms with Gasteiger partial charge in [0.25, 0.3) is 0 Å². The van der Waals surface area contributed by atoms with E-state index in [-0.39, 0.29) is 0 Å². The minimum absolute atomic E-state index is 0.680. The number of ether oxygens (including phenoxy) is 2. The van der Waals surface area contributed by atoms with Crippen LogP contribution >= 0.6 is 0 Å². The summed E-state index contributed by atoms with van der Waals surface area (Å²) in [6, 6.07) is 16.6. The number of hydrogen-bond acceptors (Lipinski definition) is 4. The topological polar surface area (TPSA) is 58.1 Å². The highest BCUT2D eigenvalue weighted by Gasteiger charge is 2.19. The number of nitrogens with one attached hydrogen (secondary N) is 2. The van der Waals surface area contributed by atoms with Crippen LogP contribution in [0.25, 0.3) is 0 Å². The van der Waals surface area contributed by atoms with Gasteiger partial charge in [-0.15, -0.1) is 0 Å². The van der Waals surface area contributed by atoms with Gasteiger partial charge in [0.15, 0.2) is 5.96 Å². The second-order valence-corrected chi connectivity index (χ2v) is 8.01. The lowest BCUT2D eigenvalue weighted by molar-refractivity contribution is 0.178. The summed E-state index contributed by atoms with van der Waals surface area (Å²) in [4.78, 5) is 6.91.